The summed E-state index contributed by atoms with van der Waals surface area (Å²) >= 11 is 0. The zero-order valence-electron chi connectivity index (χ0n) is 9.08. The van der Waals surface area contributed by atoms with Gasteiger partial charge in [-0.3, -0.25) is 0 Å². The highest BCUT2D eigenvalue weighted by atomic mass is 16.6. The lowest BCUT2D eigenvalue weighted by Crippen LogP contribution is -2.48. The van der Waals surface area contributed by atoms with Crippen molar-refractivity contribution in [1.82, 2.24) is 0 Å². The van der Waals surface area contributed by atoms with E-state index in [2.05, 4.69) is 18.2 Å². The van der Waals surface area contributed by atoms with E-state index in [9.17, 15) is 0 Å². The van der Waals surface area contributed by atoms with Crippen molar-refractivity contribution in [3.05, 3.63) is 34.9 Å². The van der Waals surface area contributed by atoms with Crippen molar-refractivity contribution in [3.8, 4) is 0 Å². The lowest BCUT2D eigenvalue weighted by atomic mass is 9.89. The minimum atomic E-state index is -0.155. The predicted molar refractivity (Wildman–Crippen MR) is 58.0 cm³/mol. The van der Waals surface area contributed by atoms with Crippen LogP contribution in [0.5, 0.6) is 0 Å². The van der Waals surface area contributed by atoms with Gasteiger partial charge in [-0.25, -0.2) is 0 Å². The van der Waals surface area contributed by atoms with Crippen LogP contribution in [0.1, 0.15) is 23.1 Å². The van der Waals surface area contributed by atoms with E-state index in [0.29, 0.717) is 13.2 Å². The highest BCUT2D eigenvalue weighted by Crippen LogP contribution is 2.35. The molecule has 2 aliphatic rings. The Kier molecular flexibility index (Phi) is 2.08. The molecule has 80 valence electrons. The van der Waals surface area contributed by atoms with E-state index in [1.807, 2.05) is 0 Å². The van der Waals surface area contributed by atoms with Crippen LogP contribution in [-0.2, 0) is 27.9 Å². The molecule has 15 heavy (non-hydrogen) atoms. The van der Waals surface area contributed by atoms with Gasteiger partial charge in [0.2, 0.25) is 0 Å². The average molecular weight is 204 g/mol. The Hall–Kier alpha value is -0.860. The normalized spacial score (nSPS) is 22.2. The number of hydrogen-bond acceptors (Lipinski definition) is 2. The third-order valence-electron chi connectivity index (χ3n) is 3.69. The molecular formula is C13H16O2. The highest BCUT2D eigenvalue weighted by Gasteiger charge is 2.40. The van der Waals surface area contributed by atoms with Crippen molar-refractivity contribution >= 4 is 0 Å². The standard InChI is InChI=1S/C13H16O2/c1-14-13(8-15-9-13)12-6-5-10-3-2-4-11(10)7-12/h5-7H,2-4,8-9H2,1H3. The summed E-state index contributed by atoms with van der Waals surface area (Å²) in [6, 6.07) is 6.78. The lowest BCUT2D eigenvalue weighted by molar-refractivity contribution is -0.202. The van der Waals surface area contributed by atoms with Crippen LogP contribution in [0, 0.1) is 0 Å². The molecule has 0 N–H and O–H groups in total. The summed E-state index contributed by atoms with van der Waals surface area (Å²) in [5.41, 5.74) is 4.16. The Morgan fingerprint density at radius 3 is 2.67 bits per heavy atom. The molecule has 0 unspecified atom stereocenters. The van der Waals surface area contributed by atoms with Crippen LogP contribution in [0.4, 0.5) is 0 Å². The van der Waals surface area contributed by atoms with Gasteiger partial charge in [-0.15, -0.1) is 0 Å². The highest BCUT2D eigenvalue weighted by molar-refractivity contribution is 5.38. The van der Waals surface area contributed by atoms with E-state index in [-0.39, 0.29) is 5.60 Å². The molecule has 1 fully saturated rings. The van der Waals surface area contributed by atoms with Gasteiger partial charge in [0, 0.05) is 7.11 Å². The first-order chi connectivity index (χ1) is 7.34. The molecule has 1 heterocycles. The number of aryl methyl sites for hydroxylation is 2. The first kappa shape index (κ1) is 9.37. The van der Waals surface area contributed by atoms with Crippen LogP contribution in [0.3, 0.4) is 0 Å². The second-order valence-electron chi connectivity index (χ2n) is 4.53. The molecule has 2 nitrogen and oxygen atoms in total. The van der Waals surface area contributed by atoms with E-state index in [1.165, 1.54) is 36.0 Å². The summed E-state index contributed by atoms with van der Waals surface area (Å²) in [6.45, 7) is 1.39. The van der Waals surface area contributed by atoms with Gasteiger partial charge in [0.05, 0.1) is 13.2 Å². The maximum absolute atomic E-state index is 5.59. The van der Waals surface area contributed by atoms with Crippen LogP contribution < -0.4 is 0 Å². The Morgan fingerprint density at radius 2 is 2.00 bits per heavy atom. The van der Waals surface area contributed by atoms with Crippen molar-refractivity contribution in [2.24, 2.45) is 0 Å². The number of ether oxygens (including phenoxy) is 2. The molecule has 2 heteroatoms. The predicted octanol–water partition coefficient (Wildman–Crippen LogP) is 2.05. The molecule has 1 aliphatic carbocycles. The fourth-order valence-electron chi connectivity index (χ4n) is 2.55. The second-order valence-corrected chi connectivity index (χ2v) is 4.53. The molecule has 0 atom stereocenters. The quantitative estimate of drug-likeness (QED) is 0.734. The van der Waals surface area contributed by atoms with Crippen molar-refractivity contribution in [3.63, 3.8) is 0 Å². The summed E-state index contributed by atoms with van der Waals surface area (Å²) in [4.78, 5) is 0. The maximum Gasteiger partial charge on any atom is 0.139 e. The largest absolute Gasteiger partial charge is 0.375 e. The van der Waals surface area contributed by atoms with E-state index < -0.39 is 0 Å². The van der Waals surface area contributed by atoms with Crippen LogP contribution in [0.15, 0.2) is 18.2 Å². The molecule has 1 aliphatic heterocycles. The summed E-state index contributed by atoms with van der Waals surface area (Å²) in [5.74, 6) is 0. The van der Waals surface area contributed by atoms with Gasteiger partial charge in [-0.2, -0.15) is 0 Å². The molecule has 0 radical (unpaired) electrons. The SMILES string of the molecule is COC1(c2ccc3c(c2)CCC3)COC1. The number of fused-ring (bicyclic) bond motifs is 1. The fraction of sp³-hybridized carbons (Fsp3) is 0.538. The second kappa shape index (κ2) is 3.32. The number of hydrogen-bond donors (Lipinski definition) is 0. The van der Waals surface area contributed by atoms with Crippen LogP contribution in [-0.4, -0.2) is 20.3 Å². The number of methoxy groups -OCH3 is 1. The monoisotopic (exact) mass is 204 g/mol. The zero-order valence-corrected chi connectivity index (χ0v) is 9.08. The number of benzene rings is 1. The van der Waals surface area contributed by atoms with Gasteiger partial charge in [0.15, 0.2) is 0 Å². The molecule has 0 spiro atoms. The molecule has 1 aromatic rings. The third kappa shape index (κ3) is 1.32. The van der Waals surface area contributed by atoms with Gasteiger partial charge in [0.25, 0.3) is 0 Å². The minimum Gasteiger partial charge on any atom is -0.375 e. The van der Waals surface area contributed by atoms with E-state index in [1.54, 1.807) is 7.11 Å². The van der Waals surface area contributed by atoms with Gasteiger partial charge in [-0.1, -0.05) is 18.2 Å². The molecule has 0 aromatic heterocycles. The molecule has 1 saturated heterocycles. The van der Waals surface area contributed by atoms with E-state index >= 15 is 0 Å². The summed E-state index contributed by atoms with van der Waals surface area (Å²) in [7, 11) is 1.77. The molecule has 3 rings (SSSR count). The van der Waals surface area contributed by atoms with Gasteiger partial charge in [0.1, 0.15) is 5.60 Å². The Bertz CT molecular complexity index is 375. The average Bonchev–Trinajstić information content (AvgIpc) is 2.64. The van der Waals surface area contributed by atoms with Gasteiger partial charge < -0.3 is 9.47 Å². The molecule has 0 saturated carbocycles. The van der Waals surface area contributed by atoms with Crippen molar-refractivity contribution in [1.29, 1.82) is 0 Å². The first-order valence-corrected chi connectivity index (χ1v) is 5.59. The maximum atomic E-state index is 5.59. The summed E-state index contributed by atoms with van der Waals surface area (Å²) < 4.78 is 10.9. The fourth-order valence-corrected chi connectivity index (χ4v) is 2.55. The minimum absolute atomic E-state index is 0.155. The van der Waals surface area contributed by atoms with Crippen molar-refractivity contribution in [2.45, 2.75) is 24.9 Å². The van der Waals surface area contributed by atoms with Crippen LogP contribution in [0.2, 0.25) is 0 Å². The Morgan fingerprint density at radius 1 is 1.20 bits per heavy atom. The van der Waals surface area contributed by atoms with Crippen LogP contribution in [0.25, 0.3) is 0 Å². The topological polar surface area (TPSA) is 18.5 Å². The zero-order chi connectivity index (χ0) is 10.3. The molecular weight excluding hydrogens is 188 g/mol. The van der Waals surface area contributed by atoms with Gasteiger partial charge in [-0.05, 0) is 36.0 Å². The smallest absolute Gasteiger partial charge is 0.139 e. The summed E-state index contributed by atoms with van der Waals surface area (Å²) in [6.07, 6.45) is 3.77. The van der Waals surface area contributed by atoms with Gasteiger partial charge >= 0.3 is 0 Å². The molecule has 0 amide bonds. The van der Waals surface area contributed by atoms with Crippen molar-refractivity contribution in [2.75, 3.05) is 20.3 Å². The number of rotatable bonds is 2. The van der Waals surface area contributed by atoms with E-state index in [0.717, 1.165) is 0 Å². The lowest BCUT2D eigenvalue weighted by Gasteiger charge is -2.40. The van der Waals surface area contributed by atoms with Crippen LogP contribution >= 0.6 is 0 Å². The van der Waals surface area contributed by atoms with E-state index in [4.69, 9.17) is 9.47 Å². The molecule has 0 bridgehead atoms. The Labute approximate surface area is 90.2 Å². The Balaban J connectivity index is 1.98. The third-order valence-corrected chi connectivity index (χ3v) is 3.69. The first-order valence-electron chi connectivity index (χ1n) is 5.59. The summed E-state index contributed by atoms with van der Waals surface area (Å²) in [5, 5.41) is 0. The molecule has 1 aromatic carbocycles. The van der Waals surface area contributed by atoms with Crippen molar-refractivity contribution < 1.29 is 9.47 Å².